The molecule has 1 heterocycles. The van der Waals surface area contributed by atoms with Crippen LogP contribution < -0.4 is 10.6 Å². The van der Waals surface area contributed by atoms with Crippen LogP contribution in [0.4, 0.5) is 11.6 Å². The Hall–Kier alpha value is -1.83. The SMILES string of the molecule is Cc1nc(NC#N)cc(NC2CCCCC2)n1. The van der Waals surface area contributed by atoms with Crippen molar-refractivity contribution in [3.8, 4) is 6.19 Å². The van der Waals surface area contributed by atoms with Gasteiger partial charge in [-0.2, -0.15) is 5.26 Å². The maximum atomic E-state index is 8.58. The third-order valence-corrected chi connectivity index (χ3v) is 2.98. The molecule has 17 heavy (non-hydrogen) atoms. The summed E-state index contributed by atoms with van der Waals surface area (Å²) < 4.78 is 0. The van der Waals surface area contributed by atoms with Crippen LogP contribution in [0.15, 0.2) is 6.07 Å². The van der Waals surface area contributed by atoms with Crippen molar-refractivity contribution in [1.29, 1.82) is 5.26 Å². The van der Waals surface area contributed by atoms with Crippen LogP contribution in [0.25, 0.3) is 0 Å². The number of aryl methyl sites for hydroxylation is 1. The molecule has 90 valence electrons. The van der Waals surface area contributed by atoms with Gasteiger partial charge in [-0.05, 0) is 19.8 Å². The van der Waals surface area contributed by atoms with Crippen molar-refractivity contribution in [1.82, 2.24) is 9.97 Å². The number of hydrogen-bond donors (Lipinski definition) is 2. The highest BCUT2D eigenvalue weighted by Gasteiger charge is 2.14. The van der Waals surface area contributed by atoms with Gasteiger partial charge in [0.15, 0.2) is 6.19 Å². The molecule has 0 amide bonds. The zero-order valence-electron chi connectivity index (χ0n) is 10.0. The number of anilines is 2. The van der Waals surface area contributed by atoms with Crippen molar-refractivity contribution in [3.63, 3.8) is 0 Å². The first-order chi connectivity index (χ1) is 8.28. The second kappa shape index (κ2) is 5.48. The first-order valence-corrected chi connectivity index (χ1v) is 6.05. The van der Waals surface area contributed by atoms with Gasteiger partial charge in [-0.3, -0.25) is 5.32 Å². The smallest absolute Gasteiger partial charge is 0.182 e. The van der Waals surface area contributed by atoms with E-state index in [2.05, 4.69) is 20.6 Å². The highest BCUT2D eigenvalue weighted by Crippen LogP contribution is 2.21. The average molecular weight is 231 g/mol. The third kappa shape index (κ3) is 3.31. The van der Waals surface area contributed by atoms with Gasteiger partial charge in [0.1, 0.15) is 17.5 Å². The summed E-state index contributed by atoms with van der Waals surface area (Å²) in [5.74, 6) is 2.03. The number of nitriles is 1. The molecule has 0 atom stereocenters. The van der Waals surface area contributed by atoms with Crippen LogP contribution in [0.2, 0.25) is 0 Å². The molecular formula is C12H17N5. The van der Waals surface area contributed by atoms with E-state index in [1.165, 1.54) is 32.1 Å². The summed E-state index contributed by atoms with van der Waals surface area (Å²) >= 11 is 0. The predicted octanol–water partition coefficient (Wildman–Crippen LogP) is 2.42. The third-order valence-electron chi connectivity index (χ3n) is 2.98. The topological polar surface area (TPSA) is 73.6 Å². The van der Waals surface area contributed by atoms with Crippen molar-refractivity contribution < 1.29 is 0 Å². The molecule has 0 aromatic carbocycles. The quantitative estimate of drug-likeness (QED) is 0.617. The molecule has 5 nitrogen and oxygen atoms in total. The summed E-state index contributed by atoms with van der Waals surface area (Å²) in [5.41, 5.74) is 0. The van der Waals surface area contributed by atoms with Crippen LogP contribution >= 0.6 is 0 Å². The lowest BCUT2D eigenvalue weighted by molar-refractivity contribution is 0.462. The molecule has 2 N–H and O–H groups in total. The van der Waals surface area contributed by atoms with Gasteiger partial charge in [-0.15, -0.1) is 0 Å². The second-order valence-corrected chi connectivity index (χ2v) is 4.40. The number of nitrogens with one attached hydrogen (secondary N) is 2. The van der Waals surface area contributed by atoms with E-state index in [1.807, 2.05) is 13.1 Å². The summed E-state index contributed by atoms with van der Waals surface area (Å²) in [5, 5.41) is 14.5. The standard InChI is InChI=1S/C12H17N5/c1-9-15-11(14-8-13)7-12(16-9)17-10-5-3-2-4-6-10/h7,10H,2-6H2,1H3,(H2,14,15,16,17). The van der Waals surface area contributed by atoms with Crippen LogP contribution in [0.3, 0.4) is 0 Å². The number of aromatic nitrogens is 2. The highest BCUT2D eigenvalue weighted by atomic mass is 15.1. The Kier molecular flexibility index (Phi) is 3.76. The molecule has 0 unspecified atom stereocenters. The van der Waals surface area contributed by atoms with E-state index in [-0.39, 0.29) is 0 Å². The lowest BCUT2D eigenvalue weighted by atomic mass is 9.95. The lowest BCUT2D eigenvalue weighted by Gasteiger charge is -2.23. The van der Waals surface area contributed by atoms with Crippen LogP contribution in [0.1, 0.15) is 37.9 Å². The van der Waals surface area contributed by atoms with Crippen molar-refractivity contribution in [2.75, 3.05) is 10.6 Å². The minimum absolute atomic E-state index is 0.507. The molecule has 0 bridgehead atoms. The van der Waals surface area contributed by atoms with E-state index >= 15 is 0 Å². The molecule has 1 aliphatic carbocycles. The largest absolute Gasteiger partial charge is 0.367 e. The number of nitrogens with zero attached hydrogens (tertiary/aromatic N) is 3. The van der Waals surface area contributed by atoms with Gasteiger partial charge in [0.05, 0.1) is 0 Å². The van der Waals surface area contributed by atoms with E-state index < -0.39 is 0 Å². The fraction of sp³-hybridized carbons (Fsp3) is 0.583. The Balaban J connectivity index is 2.06. The summed E-state index contributed by atoms with van der Waals surface area (Å²) in [6.07, 6.45) is 8.17. The van der Waals surface area contributed by atoms with Crippen molar-refractivity contribution in [2.45, 2.75) is 45.1 Å². The van der Waals surface area contributed by atoms with Gasteiger partial charge in [0, 0.05) is 12.1 Å². The molecule has 0 aliphatic heterocycles. The van der Waals surface area contributed by atoms with Crippen molar-refractivity contribution in [3.05, 3.63) is 11.9 Å². The minimum Gasteiger partial charge on any atom is -0.367 e. The molecular weight excluding hydrogens is 214 g/mol. The van der Waals surface area contributed by atoms with E-state index in [0.717, 1.165) is 5.82 Å². The van der Waals surface area contributed by atoms with Gasteiger partial charge in [0.25, 0.3) is 0 Å². The molecule has 5 heteroatoms. The minimum atomic E-state index is 0.507. The Labute approximate surface area is 101 Å². The van der Waals surface area contributed by atoms with Crippen LogP contribution in [0.5, 0.6) is 0 Å². The second-order valence-electron chi connectivity index (χ2n) is 4.40. The highest BCUT2D eigenvalue weighted by molar-refractivity contribution is 5.49. The molecule has 2 rings (SSSR count). The van der Waals surface area contributed by atoms with Crippen LogP contribution in [-0.4, -0.2) is 16.0 Å². The number of hydrogen-bond acceptors (Lipinski definition) is 5. The monoisotopic (exact) mass is 231 g/mol. The fourth-order valence-electron chi connectivity index (χ4n) is 2.22. The first-order valence-electron chi connectivity index (χ1n) is 6.05. The zero-order valence-corrected chi connectivity index (χ0v) is 10.0. The van der Waals surface area contributed by atoms with E-state index in [1.54, 1.807) is 6.07 Å². The van der Waals surface area contributed by atoms with Gasteiger partial charge < -0.3 is 5.32 Å². The Morgan fingerprint density at radius 3 is 2.65 bits per heavy atom. The zero-order chi connectivity index (χ0) is 12.1. The van der Waals surface area contributed by atoms with Crippen molar-refractivity contribution >= 4 is 11.6 Å². The summed E-state index contributed by atoms with van der Waals surface area (Å²) in [7, 11) is 0. The Morgan fingerprint density at radius 2 is 1.94 bits per heavy atom. The van der Waals surface area contributed by atoms with Gasteiger partial charge in [-0.1, -0.05) is 19.3 Å². The van der Waals surface area contributed by atoms with E-state index in [9.17, 15) is 0 Å². The average Bonchev–Trinajstić information content (AvgIpc) is 2.30. The molecule has 1 saturated carbocycles. The van der Waals surface area contributed by atoms with Gasteiger partial charge in [0.2, 0.25) is 0 Å². The molecule has 0 saturated heterocycles. The fourth-order valence-corrected chi connectivity index (χ4v) is 2.22. The van der Waals surface area contributed by atoms with Crippen LogP contribution in [-0.2, 0) is 0 Å². The molecule has 1 aliphatic rings. The molecule has 0 spiro atoms. The Morgan fingerprint density at radius 1 is 1.24 bits per heavy atom. The van der Waals surface area contributed by atoms with E-state index in [4.69, 9.17) is 5.26 Å². The van der Waals surface area contributed by atoms with Gasteiger partial charge in [-0.25, -0.2) is 9.97 Å². The maximum absolute atomic E-state index is 8.58. The maximum Gasteiger partial charge on any atom is 0.182 e. The Bertz CT molecular complexity index is 417. The molecule has 1 aromatic rings. The lowest BCUT2D eigenvalue weighted by Crippen LogP contribution is -2.23. The molecule has 1 fully saturated rings. The summed E-state index contributed by atoms with van der Waals surface area (Å²) in [6, 6.07) is 2.29. The molecule has 0 radical (unpaired) electrons. The van der Waals surface area contributed by atoms with Crippen LogP contribution in [0, 0.1) is 18.4 Å². The first kappa shape index (κ1) is 11.6. The summed E-state index contributed by atoms with van der Waals surface area (Å²) in [6.45, 7) is 1.83. The summed E-state index contributed by atoms with van der Waals surface area (Å²) in [4.78, 5) is 8.47. The van der Waals surface area contributed by atoms with Crippen molar-refractivity contribution in [2.24, 2.45) is 0 Å². The normalized spacial score (nSPS) is 16.2. The van der Waals surface area contributed by atoms with Gasteiger partial charge >= 0.3 is 0 Å². The molecule has 1 aromatic heterocycles. The number of rotatable bonds is 3. The van der Waals surface area contributed by atoms with E-state index in [0.29, 0.717) is 17.7 Å². The predicted molar refractivity (Wildman–Crippen MR) is 66.5 cm³/mol.